The maximum Gasteiger partial charge on any atom is 0.209 e. The van der Waals surface area contributed by atoms with Gasteiger partial charge in [-0.05, 0) is 18.2 Å². The number of anilines is 3. The zero-order valence-electron chi connectivity index (χ0n) is 12.2. The third-order valence-electron chi connectivity index (χ3n) is 3.63. The molecule has 120 valence electrons. The fourth-order valence-electron chi connectivity index (χ4n) is 2.38. The van der Waals surface area contributed by atoms with Crippen LogP contribution in [0.15, 0.2) is 30.6 Å². The quantitative estimate of drug-likeness (QED) is 0.858. The van der Waals surface area contributed by atoms with E-state index in [2.05, 4.69) is 20.2 Å². The van der Waals surface area contributed by atoms with E-state index < -0.39 is 0 Å². The molecule has 1 aliphatic heterocycles. The van der Waals surface area contributed by atoms with Gasteiger partial charge in [0.25, 0.3) is 0 Å². The molecule has 1 fully saturated rings. The van der Waals surface area contributed by atoms with E-state index in [0.29, 0.717) is 34.6 Å². The van der Waals surface area contributed by atoms with Crippen LogP contribution in [-0.2, 0) is 4.79 Å². The Morgan fingerprint density at radius 2 is 1.87 bits per heavy atom. The first-order valence-corrected chi connectivity index (χ1v) is 7.90. The molecule has 0 bridgehead atoms. The molecular weight excluding hydrogens is 337 g/mol. The van der Waals surface area contributed by atoms with Crippen molar-refractivity contribution in [1.82, 2.24) is 14.9 Å². The molecule has 1 aromatic heterocycles. The lowest BCUT2D eigenvalue weighted by Crippen LogP contribution is -2.46. The maximum atomic E-state index is 10.8. The van der Waals surface area contributed by atoms with Crippen LogP contribution in [-0.4, -0.2) is 47.5 Å². The summed E-state index contributed by atoms with van der Waals surface area (Å²) in [5.74, 6) is 1.45. The predicted molar refractivity (Wildman–Crippen MR) is 91.6 cm³/mol. The number of aromatic nitrogens is 2. The summed E-state index contributed by atoms with van der Waals surface area (Å²) in [6.45, 7) is 2.87. The molecule has 0 aliphatic carbocycles. The van der Waals surface area contributed by atoms with Crippen molar-refractivity contribution in [2.45, 2.75) is 0 Å². The number of nitrogens with zero attached hydrogens (tertiary/aromatic N) is 4. The van der Waals surface area contributed by atoms with Gasteiger partial charge in [-0.25, -0.2) is 9.97 Å². The largest absolute Gasteiger partial charge is 0.353 e. The minimum absolute atomic E-state index is 0.564. The molecule has 1 N–H and O–H groups in total. The molecule has 2 aromatic rings. The minimum Gasteiger partial charge on any atom is -0.353 e. The number of halogens is 2. The second-order valence-corrected chi connectivity index (χ2v) is 5.98. The van der Waals surface area contributed by atoms with Gasteiger partial charge in [0, 0.05) is 37.3 Å². The Morgan fingerprint density at radius 1 is 1.09 bits per heavy atom. The Balaban J connectivity index is 1.75. The van der Waals surface area contributed by atoms with Crippen LogP contribution in [0.4, 0.5) is 17.3 Å². The standard InChI is InChI=1S/C15H15Cl2N5O/c16-11-1-2-12(17)13(7-11)20-14-8-15(19-9-18-14)22-5-3-21(10-23)4-6-22/h1-2,7-10H,3-6H2,(H,18,19,20). The number of carbonyl (C=O) groups is 1. The van der Waals surface area contributed by atoms with E-state index in [-0.39, 0.29) is 0 Å². The normalized spacial score (nSPS) is 14.7. The van der Waals surface area contributed by atoms with Crippen LogP contribution in [0.3, 0.4) is 0 Å². The van der Waals surface area contributed by atoms with E-state index in [4.69, 9.17) is 23.2 Å². The van der Waals surface area contributed by atoms with Crippen LogP contribution < -0.4 is 10.2 Å². The van der Waals surface area contributed by atoms with Gasteiger partial charge in [-0.2, -0.15) is 0 Å². The predicted octanol–water partition coefficient (Wildman–Crippen LogP) is 2.81. The van der Waals surface area contributed by atoms with Crippen molar-refractivity contribution in [1.29, 1.82) is 0 Å². The van der Waals surface area contributed by atoms with Crippen LogP contribution in [0, 0.1) is 0 Å². The van der Waals surface area contributed by atoms with Crippen LogP contribution in [0.1, 0.15) is 0 Å². The van der Waals surface area contributed by atoms with E-state index >= 15 is 0 Å². The van der Waals surface area contributed by atoms with Gasteiger partial charge in [0.05, 0.1) is 10.7 Å². The zero-order valence-corrected chi connectivity index (χ0v) is 13.8. The first-order valence-electron chi connectivity index (χ1n) is 7.14. The van der Waals surface area contributed by atoms with Gasteiger partial charge in [-0.1, -0.05) is 23.2 Å². The van der Waals surface area contributed by atoms with Gasteiger partial charge in [-0.3, -0.25) is 4.79 Å². The molecular formula is C15H15Cl2N5O. The molecule has 1 aliphatic rings. The topological polar surface area (TPSA) is 61.4 Å². The highest BCUT2D eigenvalue weighted by Crippen LogP contribution is 2.28. The number of carbonyl (C=O) groups excluding carboxylic acids is 1. The summed E-state index contributed by atoms with van der Waals surface area (Å²) in [6.07, 6.45) is 2.38. The first-order chi connectivity index (χ1) is 11.2. The molecule has 0 atom stereocenters. The molecule has 8 heteroatoms. The lowest BCUT2D eigenvalue weighted by atomic mass is 10.3. The van der Waals surface area contributed by atoms with E-state index in [1.807, 2.05) is 6.07 Å². The van der Waals surface area contributed by atoms with Crippen LogP contribution in [0.25, 0.3) is 0 Å². The van der Waals surface area contributed by atoms with E-state index in [1.54, 1.807) is 23.1 Å². The third-order valence-corrected chi connectivity index (χ3v) is 4.20. The monoisotopic (exact) mass is 351 g/mol. The third kappa shape index (κ3) is 3.83. The number of hydrogen-bond acceptors (Lipinski definition) is 5. The molecule has 1 saturated heterocycles. The number of hydrogen-bond donors (Lipinski definition) is 1. The molecule has 3 rings (SSSR count). The highest BCUT2D eigenvalue weighted by Gasteiger charge is 2.17. The van der Waals surface area contributed by atoms with Crippen molar-refractivity contribution >= 4 is 46.9 Å². The fourth-order valence-corrected chi connectivity index (χ4v) is 2.71. The molecule has 1 aromatic carbocycles. The summed E-state index contributed by atoms with van der Waals surface area (Å²) in [5.41, 5.74) is 0.689. The first kappa shape index (κ1) is 15.8. The highest BCUT2D eigenvalue weighted by atomic mass is 35.5. The summed E-state index contributed by atoms with van der Waals surface area (Å²) < 4.78 is 0. The van der Waals surface area contributed by atoms with Gasteiger partial charge in [0.1, 0.15) is 18.0 Å². The number of nitrogens with one attached hydrogen (secondary N) is 1. The maximum absolute atomic E-state index is 10.8. The molecule has 0 radical (unpaired) electrons. The molecule has 0 saturated carbocycles. The second-order valence-electron chi connectivity index (χ2n) is 5.14. The average Bonchev–Trinajstić information content (AvgIpc) is 2.58. The summed E-state index contributed by atoms with van der Waals surface area (Å²) in [7, 11) is 0. The second kappa shape index (κ2) is 7.02. The van der Waals surface area contributed by atoms with Gasteiger partial charge < -0.3 is 15.1 Å². The summed E-state index contributed by atoms with van der Waals surface area (Å²) in [6, 6.07) is 7.06. The Labute approximate surface area is 144 Å². The highest BCUT2D eigenvalue weighted by molar-refractivity contribution is 6.35. The number of piperazine rings is 1. The number of rotatable bonds is 4. The summed E-state index contributed by atoms with van der Waals surface area (Å²) in [4.78, 5) is 23.2. The Bertz CT molecular complexity index is 704. The Kier molecular flexibility index (Phi) is 4.83. The zero-order chi connectivity index (χ0) is 16.2. The summed E-state index contributed by atoms with van der Waals surface area (Å²) in [5, 5.41) is 4.31. The fraction of sp³-hybridized carbons (Fsp3) is 0.267. The van der Waals surface area contributed by atoms with E-state index in [9.17, 15) is 4.79 Å². The van der Waals surface area contributed by atoms with Crippen molar-refractivity contribution in [3.05, 3.63) is 40.6 Å². The van der Waals surface area contributed by atoms with Crippen molar-refractivity contribution in [2.75, 3.05) is 36.4 Å². The van der Waals surface area contributed by atoms with E-state index in [1.165, 1.54) is 6.33 Å². The number of amides is 1. The van der Waals surface area contributed by atoms with Crippen molar-refractivity contribution < 1.29 is 4.79 Å². The summed E-state index contributed by atoms with van der Waals surface area (Å²) >= 11 is 12.1. The molecule has 0 unspecified atom stereocenters. The molecule has 6 nitrogen and oxygen atoms in total. The lowest BCUT2D eigenvalue weighted by Gasteiger charge is -2.33. The molecule has 23 heavy (non-hydrogen) atoms. The van der Waals surface area contributed by atoms with Gasteiger partial charge in [-0.15, -0.1) is 0 Å². The smallest absolute Gasteiger partial charge is 0.209 e. The Morgan fingerprint density at radius 3 is 2.61 bits per heavy atom. The van der Waals surface area contributed by atoms with E-state index in [0.717, 1.165) is 25.3 Å². The average molecular weight is 352 g/mol. The van der Waals surface area contributed by atoms with Crippen molar-refractivity contribution in [3.63, 3.8) is 0 Å². The van der Waals surface area contributed by atoms with Crippen molar-refractivity contribution in [3.8, 4) is 0 Å². The minimum atomic E-state index is 0.564. The van der Waals surface area contributed by atoms with Gasteiger partial charge >= 0.3 is 0 Å². The molecule has 0 spiro atoms. The lowest BCUT2D eigenvalue weighted by molar-refractivity contribution is -0.118. The van der Waals surface area contributed by atoms with Crippen LogP contribution >= 0.6 is 23.2 Å². The molecule has 2 heterocycles. The SMILES string of the molecule is O=CN1CCN(c2cc(Nc3cc(Cl)ccc3Cl)ncn2)CC1. The van der Waals surface area contributed by atoms with Gasteiger partial charge in [0.15, 0.2) is 0 Å². The molecule has 1 amide bonds. The van der Waals surface area contributed by atoms with Crippen molar-refractivity contribution in [2.24, 2.45) is 0 Å². The number of benzene rings is 1. The van der Waals surface area contributed by atoms with Crippen LogP contribution in [0.2, 0.25) is 10.0 Å². The van der Waals surface area contributed by atoms with Gasteiger partial charge in [0.2, 0.25) is 6.41 Å². The Hall–Kier alpha value is -2.05. The van der Waals surface area contributed by atoms with Crippen LogP contribution in [0.5, 0.6) is 0 Å².